The highest BCUT2D eigenvalue weighted by molar-refractivity contribution is 6.10. The van der Waals surface area contributed by atoms with Crippen molar-refractivity contribution in [2.45, 2.75) is 63.5 Å². The number of carbonyl (C=O) groups excluding carboxylic acids is 1. The molecule has 4 aromatic rings. The smallest absolute Gasteiger partial charge is 0.370 e. The molecule has 0 radical (unpaired) electrons. The van der Waals surface area contributed by atoms with E-state index in [9.17, 15) is 39.9 Å². The van der Waals surface area contributed by atoms with Crippen LogP contribution in [0.15, 0.2) is 48.8 Å². The fourth-order valence-electron chi connectivity index (χ4n) is 7.72. The van der Waals surface area contributed by atoms with Crippen molar-refractivity contribution in [2.24, 2.45) is 12.5 Å². The Morgan fingerprint density at radius 1 is 0.981 bits per heavy atom. The third kappa shape index (κ3) is 7.16. The zero-order valence-electron chi connectivity index (χ0n) is 28.3. The number of rotatable bonds is 9. The van der Waals surface area contributed by atoms with Crippen LogP contribution in [0.25, 0.3) is 22.5 Å². The summed E-state index contributed by atoms with van der Waals surface area (Å²) >= 11 is 0. The summed E-state index contributed by atoms with van der Waals surface area (Å²) in [4.78, 5) is 21.4. The molecule has 3 aliphatic rings. The number of amides is 1. The molecule has 0 unspecified atom stereocenters. The van der Waals surface area contributed by atoms with E-state index in [2.05, 4.69) is 20.5 Å². The lowest BCUT2D eigenvalue weighted by Gasteiger charge is -2.44. The van der Waals surface area contributed by atoms with Gasteiger partial charge in [0.05, 0.1) is 23.7 Å². The van der Waals surface area contributed by atoms with E-state index in [-0.39, 0.29) is 83.2 Å². The molecule has 9 nitrogen and oxygen atoms in total. The van der Waals surface area contributed by atoms with Gasteiger partial charge in [0.2, 0.25) is 5.92 Å². The van der Waals surface area contributed by atoms with Crippen molar-refractivity contribution < 1.29 is 39.9 Å². The van der Waals surface area contributed by atoms with Gasteiger partial charge in [0, 0.05) is 57.1 Å². The van der Waals surface area contributed by atoms with Crippen LogP contribution in [0.5, 0.6) is 0 Å². The maximum absolute atomic E-state index is 14.6. The average molecular weight is 745 g/mol. The first-order valence-corrected chi connectivity index (χ1v) is 16.8. The largest absolute Gasteiger partial charge is 0.416 e. The predicted octanol–water partition coefficient (Wildman–Crippen LogP) is 8.08. The highest BCUT2D eigenvalue weighted by Crippen LogP contribution is 2.56. The molecule has 17 heteroatoms. The number of benzene rings is 2. The lowest BCUT2D eigenvalue weighted by atomic mass is 9.65. The number of carbonyl (C=O) groups is 1. The first-order valence-electron chi connectivity index (χ1n) is 16.8. The normalized spacial score (nSPS) is 18.0. The predicted molar refractivity (Wildman–Crippen MR) is 176 cm³/mol. The number of pyridine rings is 1. The van der Waals surface area contributed by atoms with Gasteiger partial charge < -0.3 is 9.88 Å². The monoisotopic (exact) mass is 744 g/mol. The highest BCUT2D eigenvalue weighted by atomic mass is 19.4. The number of likely N-dealkylation sites (tertiary alicyclic amines) is 1. The SMILES string of the molecule is Cn1cnnc1-c1ccc(C(F)(F)F)cc1-c1cc(NCCCC#N)nc(N2Cc3c(cc(CN4CCC5(C4)CC(F)(F)C5)cc3C(F)(F)F)C2=O)c1. The number of fused-ring (bicyclic) bond motifs is 1. The van der Waals surface area contributed by atoms with Gasteiger partial charge in [-0.1, -0.05) is 0 Å². The Bertz CT molecular complexity index is 2110. The fourth-order valence-corrected chi connectivity index (χ4v) is 7.72. The third-order valence-electron chi connectivity index (χ3n) is 10.1. The highest BCUT2D eigenvalue weighted by Gasteiger charge is 2.58. The zero-order valence-corrected chi connectivity index (χ0v) is 28.3. The van der Waals surface area contributed by atoms with E-state index in [0.717, 1.165) is 23.1 Å². The third-order valence-corrected chi connectivity index (χ3v) is 10.1. The van der Waals surface area contributed by atoms with Crippen LogP contribution >= 0.6 is 0 Å². The van der Waals surface area contributed by atoms with E-state index in [1.165, 1.54) is 35.2 Å². The van der Waals surface area contributed by atoms with Crippen molar-refractivity contribution in [3.8, 4) is 28.6 Å². The van der Waals surface area contributed by atoms with Crippen molar-refractivity contribution in [1.82, 2.24) is 24.6 Å². The standard InChI is InChI=1S/C36H32F8N8O/c1-50-20-47-49-31(50)24-5-4-23(35(39,40)41)14-25(24)22-12-29(46-8-3-2-7-45)48-30(13-22)52-16-27-26(32(52)53)10-21(11-28(27)36(42,43)44)15-51-9-6-33(19-51)17-34(37,38)18-33/h4-5,10-14,20H,2-3,6,8-9,15-19H2,1H3,(H,46,48). The van der Waals surface area contributed by atoms with Crippen LogP contribution in [0.3, 0.4) is 0 Å². The molecule has 2 aromatic heterocycles. The number of aromatic nitrogens is 4. The van der Waals surface area contributed by atoms with Gasteiger partial charge >= 0.3 is 12.4 Å². The van der Waals surface area contributed by atoms with Gasteiger partial charge in [0.15, 0.2) is 5.82 Å². The van der Waals surface area contributed by atoms with Gasteiger partial charge in [0.25, 0.3) is 5.91 Å². The lowest BCUT2D eigenvalue weighted by Crippen LogP contribution is -2.47. The van der Waals surface area contributed by atoms with Crippen LogP contribution in [0, 0.1) is 16.7 Å². The molecular weight excluding hydrogens is 712 g/mol. The van der Waals surface area contributed by atoms with Gasteiger partial charge in [-0.15, -0.1) is 10.2 Å². The second-order valence-electron chi connectivity index (χ2n) is 14.0. The van der Waals surface area contributed by atoms with E-state index in [4.69, 9.17) is 5.26 Å². The zero-order chi connectivity index (χ0) is 37.9. The minimum absolute atomic E-state index is 0.0296. The van der Waals surface area contributed by atoms with E-state index >= 15 is 0 Å². The van der Waals surface area contributed by atoms with E-state index in [1.807, 2.05) is 11.0 Å². The molecule has 2 aromatic carbocycles. The molecule has 2 fully saturated rings. The van der Waals surface area contributed by atoms with Gasteiger partial charge in [-0.25, -0.2) is 13.8 Å². The quantitative estimate of drug-likeness (QED) is 0.137. The number of nitrogens with one attached hydrogen (secondary N) is 1. The van der Waals surface area contributed by atoms with Gasteiger partial charge in [0.1, 0.15) is 18.0 Å². The number of halogens is 8. The molecule has 1 aliphatic carbocycles. The number of hydrogen-bond donors (Lipinski definition) is 1. The van der Waals surface area contributed by atoms with Crippen LogP contribution in [0.4, 0.5) is 46.8 Å². The van der Waals surface area contributed by atoms with E-state index in [1.54, 1.807) is 7.05 Å². The summed E-state index contributed by atoms with van der Waals surface area (Å²) < 4.78 is 115. The molecule has 2 aliphatic heterocycles. The Morgan fingerprint density at radius 2 is 1.75 bits per heavy atom. The molecule has 1 spiro atoms. The Labute approximate surface area is 298 Å². The van der Waals surface area contributed by atoms with Crippen molar-refractivity contribution >= 4 is 17.5 Å². The molecule has 0 bridgehead atoms. The summed E-state index contributed by atoms with van der Waals surface area (Å²) in [6.07, 6.45) is -7.63. The minimum atomic E-state index is -4.84. The van der Waals surface area contributed by atoms with E-state index in [0.29, 0.717) is 25.9 Å². The molecule has 278 valence electrons. The topological polar surface area (TPSA) is 103 Å². The van der Waals surface area contributed by atoms with Gasteiger partial charge in [-0.3, -0.25) is 14.6 Å². The molecular formula is C36H32F8N8O. The summed E-state index contributed by atoms with van der Waals surface area (Å²) in [6, 6.07) is 10.2. The Morgan fingerprint density at radius 3 is 2.42 bits per heavy atom. The van der Waals surface area contributed by atoms with Crippen LogP contribution in [0.2, 0.25) is 0 Å². The number of nitrogens with zero attached hydrogens (tertiary/aromatic N) is 7. The summed E-state index contributed by atoms with van der Waals surface area (Å²) in [5, 5.41) is 19.9. The second kappa shape index (κ2) is 13.1. The van der Waals surface area contributed by atoms with Crippen LogP contribution in [-0.4, -0.2) is 56.1 Å². The number of nitriles is 1. The molecule has 53 heavy (non-hydrogen) atoms. The van der Waals surface area contributed by atoms with Gasteiger partial charge in [-0.05, 0) is 89.5 Å². The maximum atomic E-state index is 14.6. The van der Waals surface area contributed by atoms with Crippen molar-refractivity contribution in [3.05, 3.63) is 76.6 Å². The summed E-state index contributed by atoms with van der Waals surface area (Å²) in [5.74, 6) is -3.30. The lowest BCUT2D eigenvalue weighted by molar-refractivity contribution is -0.155. The van der Waals surface area contributed by atoms with Crippen molar-refractivity contribution in [1.29, 1.82) is 5.26 Å². The fraction of sp³-hybridized carbons (Fsp3) is 0.417. The molecule has 1 saturated carbocycles. The number of aryl methyl sites for hydroxylation is 1. The summed E-state index contributed by atoms with van der Waals surface area (Å²) in [6.45, 7) is 0.485. The second-order valence-corrected chi connectivity index (χ2v) is 14.0. The molecule has 4 heterocycles. The van der Waals surface area contributed by atoms with Crippen molar-refractivity contribution in [3.63, 3.8) is 0 Å². The number of hydrogen-bond acceptors (Lipinski definition) is 7. The maximum Gasteiger partial charge on any atom is 0.416 e. The Kier molecular flexibility index (Phi) is 8.95. The summed E-state index contributed by atoms with van der Waals surface area (Å²) in [7, 11) is 1.61. The van der Waals surface area contributed by atoms with Crippen molar-refractivity contribution in [2.75, 3.05) is 29.9 Å². The number of alkyl halides is 8. The van der Waals surface area contributed by atoms with E-state index < -0.39 is 47.3 Å². The average Bonchev–Trinajstić information content (AvgIpc) is 3.78. The van der Waals surface area contributed by atoms with Gasteiger partial charge in [-0.2, -0.15) is 31.6 Å². The number of unbranched alkanes of at least 4 members (excludes halogenated alkanes) is 1. The first kappa shape index (κ1) is 36.3. The van der Waals surface area contributed by atoms with Crippen LogP contribution in [0.1, 0.15) is 64.7 Å². The number of anilines is 2. The van der Waals surface area contributed by atoms with Crippen LogP contribution in [-0.2, 0) is 32.5 Å². The Hall–Kier alpha value is -5.11. The molecule has 1 saturated heterocycles. The van der Waals surface area contributed by atoms with Crippen LogP contribution < -0.4 is 10.2 Å². The molecule has 1 N–H and O–H groups in total. The first-order chi connectivity index (χ1) is 25.0. The minimum Gasteiger partial charge on any atom is -0.370 e. The molecule has 0 atom stereocenters. The molecule has 1 amide bonds. The Balaban J connectivity index is 1.28. The summed E-state index contributed by atoms with van der Waals surface area (Å²) in [5.41, 5.74) is -2.36. The molecule has 7 rings (SSSR count).